The van der Waals surface area contributed by atoms with Gasteiger partial charge in [-0.3, -0.25) is 0 Å². The summed E-state index contributed by atoms with van der Waals surface area (Å²) in [5.41, 5.74) is -0.521. The fourth-order valence-electron chi connectivity index (χ4n) is 0.483. The Kier molecular flexibility index (Phi) is 8.69. The summed E-state index contributed by atoms with van der Waals surface area (Å²) in [6.07, 6.45) is 0.739. The van der Waals surface area contributed by atoms with Crippen LogP contribution in [0, 0.1) is 0 Å². The number of thioether (sulfide) groups is 2. The zero-order valence-corrected chi connectivity index (χ0v) is 8.95. The van der Waals surface area contributed by atoms with Gasteiger partial charge in [-0.25, -0.2) is 0 Å². The van der Waals surface area contributed by atoms with Crippen molar-refractivity contribution in [3.05, 3.63) is 0 Å². The van der Waals surface area contributed by atoms with Crippen LogP contribution in [-0.2, 0) is 4.79 Å². The molecule has 2 atom stereocenters. The molecule has 0 bridgehead atoms. The van der Waals surface area contributed by atoms with E-state index in [-0.39, 0.29) is 10.9 Å². The van der Waals surface area contributed by atoms with Crippen molar-refractivity contribution in [1.82, 2.24) is 0 Å². The van der Waals surface area contributed by atoms with Crippen LogP contribution < -0.4 is 0 Å². The van der Waals surface area contributed by atoms with E-state index in [1.54, 1.807) is 0 Å². The van der Waals surface area contributed by atoms with Crippen LogP contribution in [-0.4, -0.2) is 44.6 Å². The molecule has 72 valence electrons. The summed E-state index contributed by atoms with van der Waals surface area (Å²) in [7, 11) is 0. The third-order valence-electron chi connectivity index (χ3n) is 0.937. The van der Waals surface area contributed by atoms with Gasteiger partial charge in [0.2, 0.25) is 0 Å². The van der Waals surface area contributed by atoms with Gasteiger partial charge >= 0.3 is 0 Å². The van der Waals surface area contributed by atoms with E-state index in [9.17, 15) is 0 Å². The highest BCUT2D eigenvalue weighted by Crippen LogP contribution is 2.26. The molecular weight excluding hydrogens is 216 g/mol. The molecule has 1 fully saturated rings. The smallest absolute Gasteiger partial charge is 0.129 e. The number of rotatable bonds is 1. The summed E-state index contributed by atoms with van der Waals surface area (Å²) < 4.78 is 0. The molecule has 0 radical (unpaired) electrons. The Morgan fingerprint density at radius 3 is 1.83 bits per heavy atom. The third kappa shape index (κ3) is 7.30. The predicted octanol–water partition coefficient (Wildman–Crippen LogP) is 0.218. The van der Waals surface area contributed by atoms with Crippen molar-refractivity contribution in [2.24, 2.45) is 0 Å². The van der Waals surface area contributed by atoms with Gasteiger partial charge in [-0.05, 0) is 0 Å². The Bertz CT molecular complexity index is 105. The molecule has 6 heteroatoms. The van der Waals surface area contributed by atoms with E-state index in [1.165, 1.54) is 23.5 Å². The zero-order valence-electron chi connectivity index (χ0n) is 6.42. The Labute approximate surface area is 85.7 Å². The Hall–Kier alpha value is 0.640. The fraction of sp³-hybridized carbons (Fsp3) is 0.833. The van der Waals surface area contributed by atoms with Crippen molar-refractivity contribution in [1.29, 1.82) is 0 Å². The van der Waals surface area contributed by atoms with Gasteiger partial charge in [-0.15, -0.1) is 23.5 Å². The molecule has 0 aliphatic carbocycles. The first-order chi connectivity index (χ1) is 5.70. The summed E-state index contributed by atoms with van der Waals surface area (Å²) in [6, 6.07) is 0. The van der Waals surface area contributed by atoms with Gasteiger partial charge in [0.15, 0.2) is 0 Å². The average Bonchev–Trinajstić information content (AvgIpc) is 2.11. The number of aliphatic hydroxyl groups excluding tert-OH is 2. The summed E-state index contributed by atoms with van der Waals surface area (Å²) in [5.74, 6) is 1.65. The summed E-state index contributed by atoms with van der Waals surface area (Å²) in [4.78, 5) is 9.10. The Morgan fingerprint density at radius 2 is 1.67 bits per heavy atom. The van der Waals surface area contributed by atoms with Crippen LogP contribution in [0.1, 0.15) is 0 Å². The molecule has 1 heterocycles. The number of hydrogen-bond donors (Lipinski definition) is 3. The molecule has 1 saturated heterocycles. The maximum Gasteiger partial charge on any atom is 0.129 e. The summed E-state index contributed by atoms with van der Waals surface area (Å²) in [6.45, 7) is 0. The first-order valence-electron chi connectivity index (χ1n) is 3.34. The highest BCUT2D eigenvalue weighted by molar-refractivity contribution is 8.06. The maximum atomic E-state index is 9.10. The number of carbonyl (C=O) groups is 1. The number of carbonyl (C=O) groups excluding carboxylic acids is 1. The summed E-state index contributed by atoms with van der Waals surface area (Å²) in [5, 5.41) is 17.7. The monoisotopic (exact) mass is 228 g/mol. The van der Waals surface area contributed by atoms with Crippen LogP contribution in [0.3, 0.4) is 0 Å². The number of aldehydes is 1. The van der Waals surface area contributed by atoms with Gasteiger partial charge < -0.3 is 15.0 Å². The van der Waals surface area contributed by atoms with Gasteiger partial charge in [-0.1, -0.05) is 0 Å². The van der Waals surface area contributed by atoms with Gasteiger partial charge in [0.25, 0.3) is 0 Å². The molecule has 0 spiro atoms. The van der Waals surface area contributed by atoms with E-state index in [2.05, 4.69) is 12.6 Å². The molecule has 3 nitrogen and oxygen atoms in total. The average molecular weight is 228 g/mol. The molecule has 0 saturated carbocycles. The lowest BCUT2D eigenvalue weighted by Crippen LogP contribution is -2.19. The molecule has 0 aromatic carbocycles. The second kappa shape index (κ2) is 8.25. The van der Waals surface area contributed by atoms with Crippen molar-refractivity contribution in [3.63, 3.8) is 0 Å². The molecule has 2 N–H and O–H groups in total. The van der Waals surface area contributed by atoms with E-state index in [1.807, 2.05) is 0 Å². The molecule has 12 heavy (non-hydrogen) atoms. The van der Waals surface area contributed by atoms with E-state index in [4.69, 9.17) is 15.0 Å². The molecule has 0 aromatic heterocycles. The largest absolute Gasteiger partial charge is 0.382 e. The van der Waals surface area contributed by atoms with E-state index in [0.29, 0.717) is 17.3 Å². The molecule has 0 aromatic rings. The SMILES string of the molecule is O=CCS.OC1CSC(O)CS1. The highest BCUT2D eigenvalue weighted by Gasteiger charge is 2.16. The van der Waals surface area contributed by atoms with E-state index in [0.717, 1.165) is 6.29 Å². The molecule has 1 aliphatic heterocycles. The van der Waals surface area contributed by atoms with Crippen molar-refractivity contribution in [2.75, 3.05) is 17.3 Å². The van der Waals surface area contributed by atoms with Crippen LogP contribution in [0.4, 0.5) is 0 Å². The van der Waals surface area contributed by atoms with Gasteiger partial charge in [0.05, 0.1) is 0 Å². The second-order valence-electron chi connectivity index (χ2n) is 1.93. The molecule has 1 aliphatic rings. The minimum absolute atomic E-state index is 0.261. The molecule has 1 rings (SSSR count). The van der Waals surface area contributed by atoms with Crippen molar-refractivity contribution < 1.29 is 15.0 Å². The van der Waals surface area contributed by atoms with Crippen molar-refractivity contribution in [3.8, 4) is 0 Å². The minimum atomic E-state index is -0.261. The summed E-state index contributed by atoms with van der Waals surface area (Å²) >= 11 is 6.37. The standard InChI is InChI=1S/C4H8O2S2.C2H4OS/c5-3-1-7-4(6)2-8-3;3-1-2-4/h3-6H,1-2H2;1,4H,2H2. The first-order valence-corrected chi connectivity index (χ1v) is 6.07. The Morgan fingerprint density at radius 1 is 1.33 bits per heavy atom. The van der Waals surface area contributed by atoms with Crippen LogP contribution in [0.2, 0.25) is 0 Å². The van der Waals surface area contributed by atoms with Gasteiger partial charge in [0, 0.05) is 17.3 Å². The topological polar surface area (TPSA) is 57.5 Å². The van der Waals surface area contributed by atoms with Crippen molar-refractivity contribution in [2.45, 2.75) is 10.9 Å². The predicted molar refractivity (Wildman–Crippen MR) is 56.8 cm³/mol. The van der Waals surface area contributed by atoms with Gasteiger partial charge in [0.1, 0.15) is 17.2 Å². The van der Waals surface area contributed by atoms with Gasteiger partial charge in [-0.2, -0.15) is 12.6 Å². The Balaban J connectivity index is 0.000000261. The first kappa shape index (κ1) is 12.6. The van der Waals surface area contributed by atoms with Crippen LogP contribution >= 0.6 is 36.2 Å². The van der Waals surface area contributed by atoms with Crippen molar-refractivity contribution >= 4 is 42.4 Å². The van der Waals surface area contributed by atoms with E-state index < -0.39 is 0 Å². The molecule has 0 amide bonds. The van der Waals surface area contributed by atoms with Crippen LogP contribution in [0.5, 0.6) is 0 Å². The molecular formula is C6H12O3S3. The normalized spacial score (nSPS) is 28.6. The number of aliphatic hydroxyl groups is 2. The molecule has 2 unspecified atom stereocenters. The lowest BCUT2D eigenvalue weighted by atomic mass is 10.8. The zero-order chi connectivity index (χ0) is 9.40. The van der Waals surface area contributed by atoms with Crippen LogP contribution in [0.15, 0.2) is 0 Å². The number of thiol groups is 1. The minimum Gasteiger partial charge on any atom is -0.382 e. The quantitative estimate of drug-likeness (QED) is 0.443. The fourth-order valence-corrected chi connectivity index (χ4v) is 2.50. The van der Waals surface area contributed by atoms with E-state index >= 15 is 0 Å². The number of hydrogen-bond acceptors (Lipinski definition) is 6. The van der Waals surface area contributed by atoms with Crippen LogP contribution in [0.25, 0.3) is 0 Å². The highest BCUT2D eigenvalue weighted by atomic mass is 32.2. The second-order valence-corrected chi connectivity index (χ2v) is 4.71. The maximum absolute atomic E-state index is 9.10. The lowest BCUT2D eigenvalue weighted by Gasteiger charge is -2.19. The lowest BCUT2D eigenvalue weighted by molar-refractivity contribution is -0.105. The third-order valence-corrected chi connectivity index (χ3v) is 3.63.